The monoisotopic (exact) mass is 368 g/mol. The fourth-order valence-electron chi connectivity index (χ4n) is 1.91. The standard InChI is InChI=1S/C17H21ClN2O3S/c1-11(2)19-9-13(21)10-23-15-6-5-12(8-14(15)18)20-17(22)16-4-3-7-24-16/h3-8,11,13,19,21H,9-10H2,1-2H3,(H,20,22). The smallest absolute Gasteiger partial charge is 0.265 e. The van der Waals surface area contributed by atoms with E-state index in [1.54, 1.807) is 24.3 Å². The molecular weight excluding hydrogens is 348 g/mol. The van der Waals surface area contributed by atoms with Crippen LogP contribution in [0.2, 0.25) is 5.02 Å². The van der Waals surface area contributed by atoms with Crippen molar-refractivity contribution in [2.24, 2.45) is 0 Å². The number of amides is 1. The van der Waals surface area contributed by atoms with Gasteiger partial charge in [0.2, 0.25) is 0 Å². The molecule has 1 amide bonds. The lowest BCUT2D eigenvalue weighted by Crippen LogP contribution is -2.35. The second-order valence-electron chi connectivity index (χ2n) is 5.60. The van der Waals surface area contributed by atoms with Crippen LogP contribution in [0.15, 0.2) is 35.7 Å². The van der Waals surface area contributed by atoms with Crippen LogP contribution in [0, 0.1) is 0 Å². The van der Waals surface area contributed by atoms with E-state index >= 15 is 0 Å². The Morgan fingerprint density at radius 2 is 2.17 bits per heavy atom. The lowest BCUT2D eigenvalue weighted by molar-refractivity contribution is 0.103. The Balaban J connectivity index is 1.88. The lowest BCUT2D eigenvalue weighted by atomic mass is 10.3. The number of benzene rings is 1. The van der Waals surface area contributed by atoms with Gasteiger partial charge in [-0.3, -0.25) is 4.79 Å². The average Bonchev–Trinajstić information content (AvgIpc) is 3.06. The number of thiophene rings is 1. The van der Waals surface area contributed by atoms with Gasteiger partial charge in [-0.1, -0.05) is 31.5 Å². The number of ether oxygens (including phenoxy) is 1. The van der Waals surface area contributed by atoms with Gasteiger partial charge < -0.3 is 20.5 Å². The van der Waals surface area contributed by atoms with Crippen molar-refractivity contribution in [3.05, 3.63) is 45.6 Å². The minimum Gasteiger partial charge on any atom is -0.489 e. The molecule has 3 N–H and O–H groups in total. The summed E-state index contributed by atoms with van der Waals surface area (Å²) >= 11 is 7.55. The first-order valence-electron chi connectivity index (χ1n) is 7.64. The first-order chi connectivity index (χ1) is 11.5. The van der Waals surface area contributed by atoms with Gasteiger partial charge >= 0.3 is 0 Å². The van der Waals surface area contributed by atoms with Crippen molar-refractivity contribution in [1.82, 2.24) is 5.32 Å². The molecule has 0 fully saturated rings. The molecule has 0 aliphatic heterocycles. The van der Waals surface area contributed by atoms with Crippen LogP contribution < -0.4 is 15.4 Å². The molecule has 0 bridgehead atoms. The highest BCUT2D eigenvalue weighted by Crippen LogP contribution is 2.28. The van der Waals surface area contributed by atoms with Crippen molar-refractivity contribution in [2.45, 2.75) is 26.0 Å². The van der Waals surface area contributed by atoms with Gasteiger partial charge in [0.05, 0.1) is 9.90 Å². The van der Waals surface area contributed by atoms with Crippen molar-refractivity contribution in [1.29, 1.82) is 0 Å². The topological polar surface area (TPSA) is 70.6 Å². The molecule has 0 saturated carbocycles. The maximum atomic E-state index is 12.0. The summed E-state index contributed by atoms with van der Waals surface area (Å²) in [6.07, 6.45) is -0.623. The summed E-state index contributed by atoms with van der Waals surface area (Å²) in [6.45, 7) is 4.60. The van der Waals surface area contributed by atoms with Crippen LogP contribution in [-0.4, -0.2) is 36.3 Å². The maximum absolute atomic E-state index is 12.0. The van der Waals surface area contributed by atoms with E-state index in [9.17, 15) is 9.90 Å². The van der Waals surface area contributed by atoms with E-state index in [1.807, 2.05) is 25.3 Å². The maximum Gasteiger partial charge on any atom is 0.265 e. The number of aliphatic hydroxyl groups excluding tert-OH is 1. The van der Waals surface area contributed by atoms with E-state index in [4.69, 9.17) is 16.3 Å². The van der Waals surface area contributed by atoms with E-state index in [0.717, 1.165) is 0 Å². The van der Waals surface area contributed by atoms with Gasteiger partial charge in [0.15, 0.2) is 0 Å². The number of nitrogens with one attached hydrogen (secondary N) is 2. The number of halogens is 1. The third-order valence-electron chi connectivity index (χ3n) is 3.13. The summed E-state index contributed by atoms with van der Waals surface area (Å²) in [7, 11) is 0. The normalized spacial score (nSPS) is 12.2. The molecule has 2 aromatic rings. The molecule has 1 heterocycles. The Bertz CT molecular complexity index is 662. The van der Waals surface area contributed by atoms with Crippen molar-refractivity contribution in [3.8, 4) is 5.75 Å². The third-order valence-corrected chi connectivity index (χ3v) is 4.29. The van der Waals surface area contributed by atoms with Gasteiger partial charge in [-0.05, 0) is 29.6 Å². The zero-order valence-electron chi connectivity index (χ0n) is 13.6. The third kappa shape index (κ3) is 5.79. The molecule has 7 heteroatoms. The summed E-state index contributed by atoms with van der Waals surface area (Å²) < 4.78 is 5.53. The minimum absolute atomic E-state index is 0.139. The molecule has 2 rings (SSSR count). The largest absolute Gasteiger partial charge is 0.489 e. The zero-order chi connectivity index (χ0) is 17.5. The first-order valence-corrected chi connectivity index (χ1v) is 8.90. The molecule has 0 spiro atoms. The fourth-order valence-corrected chi connectivity index (χ4v) is 2.77. The molecule has 0 aliphatic carbocycles. The van der Waals surface area contributed by atoms with Gasteiger partial charge in [0, 0.05) is 18.3 Å². The Hall–Kier alpha value is -1.60. The Labute approximate surface area is 150 Å². The molecular formula is C17H21ClN2O3S. The predicted molar refractivity (Wildman–Crippen MR) is 98.4 cm³/mol. The molecule has 5 nitrogen and oxygen atoms in total. The summed E-state index contributed by atoms with van der Waals surface area (Å²) in [5.41, 5.74) is 0.591. The van der Waals surface area contributed by atoms with E-state index in [2.05, 4.69) is 10.6 Å². The van der Waals surface area contributed by atoms with Crippen LogP contribution >= 0.6 is 22.9 Å². The van der Waals surface area contributed by atoms with Gasteiger partial charge in [-0.25, -0.2) is 0 Å². The second-order valence-corrected chi connectivity index (χ2v) is 6.96. The zero-order valence-corrected chi connectivity index (χ0v) is 15.2. The van der Waals surface area contributed by atoms with Crippen LogP contribution in [0.1, 0.15) is 23.5 Å². The van der Waals surface area contributed by atoms with Gasteiger partial charge in [0.1, 0.15) is 18.5 Å². The SMILES string of the molecule is CC(C)NCC(O)COc1ccc(NC(=O)c2cccs2)cc1Cl. The molecule has 1 aromatic heterocycles. The Morgan fingerprint density at radius 1 is 1.38 bits per heavy atom. The minimum atomic E-state index is -0.623. The molecule has 1 unspecified atom stereocenters. The Morgan fingerprint density at radius 3 is 2.79 bits per heavy atom. The molecule has 1 atom stereocenters. The molecule has 0 aliphatic rings. The number of carbonyl (C=O) groups excluding carboxylic acids is 1. The molecule has 24 heavy (non-hydrogen) atoms. The highest BCUT2D eigenvalue weighted by Gasteiger charge is 2.11. The van der Waals surface area contributed by atoms with Crippen LogP contribution in [-0.2, 0) is 0 Å². The van der Waals surface area contributed by atoms with Crippen molar-refractivity contribution < 1.29 is 14.6 Å². The van der Waals surface area contributed by atoms with Crippen LogP contribution in [0.3, 0.4) is 0 Å². The summed E-state index contributed by atoms with van der Waals surface area (Å²) in [5, 5.41) is 18.0. The molecule has 0 saturated heterocycles. The second kappa shape index (κ2) is 9.03. The van der Waals surface area contributed by atoms with Crippen LogP contribution in [0.25, 0.3) is 0 Å². The summed E-state index contributed by atoms with van der Waals surface area (Å²) in [6, 6.07) is 8.89. The van der Waals surface area contributed by atoms with E-state index < -0.39 is 6.10 Å². The molecule has 1 aromatic carbocycles. The van der Waals surface area contributed by atoms with Gasteiger partial charge in [-0.2, -0.15) is 0 Å². The average molecular weight is 369 g/mol. The van der Waals surface area contributed by atoms with Gasteiger partial charge in [-0.15, -0.1) is 11.3 Å². The van der Waals surface area contributed by atoms with Gasteiger partial charge in [0.25, 0.3) is 5.91 Å². The fraction of sp³-hybridized carbons (Fsp3) is 0.353. The number of hydrogen-bond donors (Lipinski definition) is 3. The van der Waals surface area contributed by atoms with Crippen molar-refractivity contribution >= 4 is 34.5 Å². The number of hydrogen-bond acceptors (Lipinski definition) is 5. The number of carbonyl (C=O) groups is 1. The first kappa shape index (κ1) is 18.7. The van der Waals surface area contributed by atoms with E-state index in [0.29, 0.717) is 33.9 Å². The van der Waals surface area contributed by atoms with Crippen molar-refractivity contribution in [3.63, 3.8) is 0 Å². The highest BCUT2D eigenvalue weighted by molar-refractivity contribution is 7.12. The van der Waals surface area contributed by atoms with E-state index in [1.165, 1.54) is 11.3 Å². The Kier molecular flexibility index (Phi) is 7.05. The summed E-state index contributed by atoms with van der Waals surface area (Å²) in [4.78, 5) is 12.6. The number of aliphatic hydroxyl groups is 1. The molecule has 0 radical (unpaired) electrons. The number of anilines is 1. The van der Waals surface area contributed by atoms with Crippen LogP contribution in [0.5, 0.6) is 5.75 Å². The highest BCUT2D eigenvalue weighted by atomic mass is 35.5. The van der Waals surface area contributed by atoms with E-state index in [-0.39, 0.29) is 12.5 Å². The summed E-state index contributed by atoms with van der Waals surface area (Å²) in [5.74, 6) is 0.291. The predicted octanol–water partition coefficient (Wildman–Crippen LogP) is 3.39. The quantitative estimate of drug-likeness (QED) is 0.668. The number of rotatable bonds is 8. The lowest BCUT2D eigenvalue weighted by Gasteiger charge is -2.16. The van der Waals surface area contributed by atoms with Crippen molar-refractivity contribution in [2.75, 3.05) is 18.5 Å². The van der Waals surface area contributed by atoms with Crippen LogP contribution in [0.4, 0.5) is 5.69 Å². The molecule has 130 valence electrons.